The molecule has 4 rings (SSSR count). The van der Waals surface area contributed by atoms with Crippen molar-refractivity contribution in [2.24, 2.45) is 0 Å². The van der Waals surface area contributed by atoms with Gasteiger partial charge in [0, 0.05) is 5.39 Å². The second-order valence-corrected chi connectivity index (χ2v) is 13.2. The minimum Gasteiger partial charge on any atom is -0.462 e. The average Bonchev–Trinajstić information content (AvgIpc) is 3.20. The Morgan fingerprint density at radius 3 is 2.53 bits per heavy atom. The number of fused-ring (bicyclic) bond motifs is 1. The van der Waals surface area contributed by atoms with E-state index < -0.39 is 78.9 Å². The van der Waals surface area contributed by atoms with Crippen LogP contribution in [0.3, 0.4) is 0 Å². The van der Waals surface area contributed by atoms with Gasteiger partial charge in [-0.3, -0.25) is 19.1 Å². The number of aromatic amines is 1. The molecule has 0 bridgehead atoms. The Kier molecular flexibility index (Phi) is 9.81. The van der Waals surface area contributed by atoms with E-state index in [1.807, 2.05) is 0 Å². The van der Waals surface area contributed by atoms with Gasteiger partial charge in [-0.05, 0) is 44.0 Å². The minimum atomic E-state index is -4.00. The minimum absolute atomic E-state index is 0.186. The topological polar surface area (TPSA) is 161 Å². The molecule has 0 aliphatic carbocycles. The molecule has 1 aliphatic rings. The van der Waals surface area contributed by atoms with Gasteiger partial charge in [0.15, 0.2) is 11.8 Å². The summed E-state index contributed by atoms with van der Waals surface area (Å²) >= 11 is 5.63. The van der Waals surface area contributed by atoms with Crippen LogP contribution in [0.15, 0.2) is 58.3 Å². The number of nitrogens with one attached hydrogen (secondary N) is 2. The van der Waals surface area contributed by atoms with E-state index in [0.29, 0.717) is 16.2 Å². The van der Waals surface area contributed by atoms with Crippen LogP contribution in [-0.4, -0.2) is 68.7 Å². The van der Waals surface area contributed by atoms with Crippen LogP contribution < -0.4 is 20.9 Å². The van der Waals surface area contributed by atoms with Crippen molar-refractivity contribution in [3.63, 3.8) is 0 Å². The zero-order valence-electron chi connectivity index (χ0n) is 23.0. The zero-order chi connectivity index (χ0) is 31.7. The monoisotopic (exact) mass is 647 g/mol. The number of aromatic nitrogens is 2. The lowest BCUT2D eigenvalue weighted by molar-refractivity contribution is -0.192. The lowest BCUT2D eigenvalue weighted by Crippen LogP contribution is -2.53. The highest BCUT2D eigenvalue weighted by Gasteiger charge is 2.61. The molecule has 0 spiro atoms. The molecule has 3 aromatic rings. The molecule has 6 unspecified atom stereocenters. The number of halogens is 3. The summed E-state index contributed by atoms with van der Waals surface area (Å²) in [6, 6.07) is 10.9. The molecule has 1 aliphatic heterocycles. The van der Waals surface area contributed by atoms with Gasteiger partial charge >= 0.3 is 18.3 Å². The number of alkyl halides is 2. The van der Waals surface area contributed by atoms with E-state index in [4.69, 9.17) is 30.3 Å². The lowest BCUT2D eigenvalue weighted by atomic mass is 9.96. The van der Waals surface area contributed by atoms with Crippen molar-refractivity contribution < 1.29 is 46.7 Å². The molecule has 2 aromatic carbocycles. The van der Waals surface area contributed by atoms with Crippen LogP contribution in [0.2, 0.25) is 0 Å². The Bertz CT molecular complexity index is 1650. The van der Waals surface area contributed by atoms with Crippen LogP contribution >= 0.6 is 6.64 Å². The lowest BCUT2D eigenvalue weighted by Gasteiger charge is -2.34. The van der Waals surface area contributed by atoms with Crippen LogP contribution in [0.25, 0.3) is 10.8 Å². The van der Waals surface area contributed by atoms with Crippen LogP contribution in [0.1, 0.15) is 27.0 Å². The number of aliphatic hydroxyl groups is 2. The molecule has 0 amide bonds. The Morgan fingerprint density at radius 2 is 1.86 bits per heavy atom. The number of rotatable bonds is 11. The Balaban J connectivity index is 1.69. The molecule has 1 aromatic heterocycles. The average molecular weight is 648 g/mol. The van der Waals surface area contributed by atoms with Crippen LogP contribution in [-0.2, 0) is 30.6 Å². The first-order chi connectivity index (χ1) is 20.2. The van der Waals surface area contributed by atoms with Crippen molar-refractivity contribution in [3.05, 3.63) is 75.3 Å². The first-order valence-corrected chi connectivity index (χ1v) is 15.5. The molecule has 0 radical (unpaired) electrons. The van der Waals surface area contributed by atoms with E-state index in [9.17, 15) is 37.8 Å². The molecule has 43 heavy (non-hydrogen) atoms. The van der Waals surface area contributed by atoms with Gasteiger partial charge in [-0.25, -0.2) is 18.7 Å². The van der Waals surface area contributed by atoms with Gasteiger partial charge < -0.3 is 28.7 Å². The number of ether oxygens (including phenoxy) is 2. The number of H-pyrrole nitrogens is 1. The normalized spacial score (nSPS) is 24.3. The van der Waals surface area contributed by atoms with Crippen LogP contribution in [0.4, 0.5) is 13.2 Å². The molecule has 4 N–H and O–H groups in total. The molecule has 1 saturated heterocycles. The van der Waals surface area contributed by atoms with Crippen molar-refractivity contribution in [3.8, 4) is 5.75 Å². The maximum Gasteiger partial charge on any atom is 0.330 e. The fraction of sp³-hybridized carbons (Fsp3) is 0.423. The quantitative estimate of drug-likeness (QED) is 0.179. The van der Waals surface area contributed by atoms with Gasteiger partial charge in [-0.2, -0.15) is 4.39 Å². The molecular weight excluding hydrogens is 618 g/mol. The molecule has 1 fully saturated rings. The number of hydrogen-bond donors (Lipinski definition) is 4. The van der Waals surface area contributed by atoms with E-state index in [1.54, 1.807) is 61.3 Å². The third-order valence-corrected chi connectivity index (χ3v) is 8.98. The molecule has 17 heteroatoms. The van der Waals surface area contributed by atoms with Crippen LogP contribution in [0.5, 0.6) is 5.75 Å². The summed E-state index contributed by atoms with van der Waals surface area (Å²) in [5, 5.41) is 25.4. The fourth-order valence-electron chi connectivity index (χ4n) is 4.35. The van der Waals surface area contributed by atoms with E-state index in [1.165, 1.54) is 6.92 Å². The maximum absolute atomic E-state index is 14.6. The predicted molar refractivity (Wildman–Crippen MR) is 151 cm³/mol. The summed E-state index contributed by atoms with van der Waals surface area (Å²) < 4.78 is 65.8. The molecule has 0 saturated carbocycles. The molecule has 234 valence electrons. The van der Waals surface area contributed by atoms with Gasteiger partial charge in [0.25, 0.3) is 12.0 Å². The van der Waals surface area contributed by atoms with Crippen molar-refractivity contribution in [2.75, 3.05) is 6.61 Å². The number of nitrogens with zero attached hydrogens (tertiary/aromatic N) is 1. The van der Waals surface area contributed by atoms with Crippen LogP contribution in [0, 0.1) is 5.82 Å². The maximum atomic E-state index is 14.6. The van der Waals surface area contributed by atoms with E-state index >= 15 is 0 Å². The number of benzene rings is 2. The predicted octanol–water partition coefficient (Wildman–Crippen LogP) is 2.33. The number of esters is 1. The van der Waals surface area contributed by atoms with E-state index in [0.717, 1.165) is 5.39 Å². The standard InChI is InChI=1S/C26H29F3N3O9PS/c1-13(2)39-23(36)14(3)31-42(43,41-18-10-6-8-15-7-4-5-9-16(15)18)38-12-26(24(28)29)20(34)19(33)22(40-26)32-11-17(27)21(35)30-25(32)37/h4-11,13-14,19-20,22,24,33-34H,12H2,1-3H3,(H,31,43)(H,30,35,37). The second-order valence-electron chi connectivity index (χ2n) is 10.0. The van der Waals surface area contributed by atoms with Crippen molar-refractivity contribution in [1.29, 1.82) is 0 Å². The largest absolute Gasteiger partial charge is 0.462 e. The Morgan fingerprint density at radius 1 is 1.19 bits per heavy atom. The fourth-order valence-corrected chi connectivity index (χ4v) is 6.77. The molecular formula is C26H29F3N3O9PS. The molecule has 6 atom stereocenters. The Hall–Kier alpha value is -3.11. The summed E-state index contributed by atoms with van der Waals surface area (Å²) in [4.78, 5) is 37.9. The summed E-state index contributed by atoms with van der Waals surface area (Å²) in [6.07, 6.45) is -10.4. The highest BCUT2D eigenvalue weighted by Crippen LogP contribution is 2.50. The third-order valence-electron chi connectivity index (χ3n) is 6.51. The SMILES string of the molecule is CC(C)OC(=O)C(C)NP(=S)(OCC1(C(F)F)OC(n2cc(F)c(=O)[nH]c2=O)C(O)C1O)Oc1cccc2ccccc12. The van der Waals surface area contributed by atoms with Crippen molar-refractivity contribution in [2.45, 2.75) is 63.4 Å². The third kappa shape index (κ3) is 6.85. The Labute approximate surface area is 247 Å². The van der Waals surface area contributed by atoms with Crippen molar-refractivity contribution in [1.82, 2.24) is 14.6 Å². The number of carbonyl (C=O) groups excluding carboxylic acids is 1. The first kappa shape index (κ1) is 32.8. The summed E-state index contributed by atoms with van der Waals surface area (Å²) in [7, 11) is 0. The summed E-state index contributed by atoms with van der Waals surface area (Å²) in [6.45, 7) is -0.583. The number of carbonyl (C=O) groups is 1. The smallest absolute Gasteiger partial charge is 0.330 e. The van der Waals surface area contributed by atoms with Gasteiger partial charge in [0.1, 0.15) is 24.0 Å². The molecule has 12 nitrogen and oxygen atoms in total. The summed E-state index contributed by atoms with van der Waals surface area (Å²) in [5.41, 5.74) is -5.71. The zero-order valence-corrected chi connectivity index (χ0v) is 24.7. The number of aliphatic hydroxyl groups excluding tert-OH is 2. The second kappa shape index (κ2) is 12.9. The van der Waals surface area contributed by atoms with Gasteiger partial charge in [0.05, 0.1) is 18.9 Å². The number of hydrogen-bond acceptors (Lipinski definition) is 10. The van der Waals surface area contributed by atoms with E-state index in [-0.39, 0.29) is 5.75 Å². The van der Waals surface area contributed by atoms with E-state index in [2.05, 4.69) is 5.09 Å². The first-order valence-electron chi connectivity index (χ1n) is 12.9. The highest BCUT2D eigenvalue weighted by atomic mass is 32.5. The highest BCUT2D eigenvalue weighted by molar-refractivity contribution is 8.09. The molecule has 2 heterocycles. The van der Waals surface area contributed by atoms with Gasteiger partial charge in [0.2, 0.25) is 5.82 Å². The van der Waals surface area contributed by atoms with Crippen molar-refractivity contribution >= 4 is 35.2 Å². The van der Waals surface area contributed by atoms with Gasteiger partial charge in [-0.15, -0.1) is 0 Å². The summed E-state index contributed by atoms with van der Waals surface area (Å²) in [5.74, 6) is -2.03. The van der Waals surface area contributed by atoms with Gasteiger partial charge in [-0.1, -0.05) is 36.4 Å².